The minimum Gasteiger partial charge on any atom is -0.484 e. The fourth-order valence-electron chi connectivity index (χ4n) is 1.68. The molecule has 0 radical (unpaired) electrons. The minimum absolute atomic E-state index is 0.0385. The van der Waals surface area contributed by atoms with Crippen LogP contribution in [0.5, 0.6) is 5.75 Å². The topological polar surface area (TPSA) is 58.6 Å². The van der Waals surface area contributed by atoms with Gasteiger partial charge in [-0.3, -0.25) is 4.79 Å². The van der Waals surface area contributed by atoms with Crippen molar-refractivity contribution in [2.45, 2.75) is 26.3 Å². The SMILES string of the molecule is CC(C)C(CCO)NC(=O)COc1ccc(Cl)c(Cl)c1. The van der Waals surface area contributed by atoms with E-state index in [1.165, 1.54) is 0 Å². The van der Waals surface area contributed by atoms with Crippen LogP contribution >= 0.6 is 23.2 Å². The highest BCUT2D eigenvalue weighted by molar-refractivity contribution is 6.42. The molecule has 0 bridgehead atoms. The van der Waals surface area contributed by atoms with Gasteiger partial charge in [0.15, 0.2) is 6.61 Å². The van der Waals surface area contributed by atoms with Crippen molar-refractivity contribution in [2.24, 2.45) is 5.92 Å². The first-order valence-electron chi connectivity index (χ1n) is 6.42. The van der Waals surface area contributed by atoms with Crippen molar-refractivity contribution in [3.05, 3.63) is 28.2 Å². The van der Waals surface area contributed by atoms with E-state index in [-0.39, 0.29) is 31.1 Å². The van der Waals surface area contributed by atoms with Crippen LogP contribution < -0.4 is 10.1 Å². The summed E-state index contributed by atoms with van der Waals surface area (Å²) in [5, 5.41) is 12.6. The van der Waals surface area contributed by atoms with Gasteiger partial charge in [-0.1, -0.05) is 37.0 Å². The first-order chi connectivity index (χ1) is 9.43. The quantitative estimate of drug-likeness (QED) is 0.812. The fraction of sp³-hybridized carbons (Fsp3) is 0.500. The Bertz CT molecular complexity index is 452. The second-order valence-electron chi connectivity index (χ2n) is 4.79. The molecule has 0 aromatic heterocycles. The standard InChI is InChI=1S/C14H19Cl2NO3/c1-9(2)13(5-6-18)17-14(19)8-20-10-3-4-11(15)12(16)7-10/h3-4,7,9,13,18H,5-6,8H2,1-2H3,(H,17,19). The van der Waals surface area contributed by atoms with E-state index in [1.807, 2.05) is 13.8 Å². The van der Waals surface area contributed by atoms with E-state index in [1.54, 1.807) is 18.2 Å². The predicted octanol–water partition coefficient (Wildman–Crippen LogP) is 2.90. The number of carbonyl (C=O) groups is 1. The second-order valence-corrected chi connectivity index (χ2v) is 5.61. The normalized spacial score (nSPS) is 12.3. The maximum atomic E-state index is 11.8. The van der Waals surface area contributed by atoms with Crippen LogP contribution in [0.2, 0.25) is 10.0 Å². The van der Waals surface area contributed by atoms with Gasteiger partial charge in [-0.2, -0.15) is 0 Å². The number of hydrogen-bond acceptors (Lipinski definition) is 3. The molecule has 1 amide bonds. The first-order valence-corrected chi connectivity index (χ1v) is 7.17. The Balaban J connectivity index is 2.48. The van der Waals surface area contributed by atoms with Crippen LogP contribution in [0.3, 0.4) is 0 Å². The van der Waals surface area contributed by atoms with Crippen molar-refractivity contribution in [1.29, 1.82) is 0 Å². The number of carbonyl (C=O) groups excluding carboxylic acids is 1. The first kappa shape index (κ1) is 17.1. The van der Waals surface area contributed by atoms with Gasteiger partial charge in [-0.25, -0.2) is 0 Å². The highest BCUT2D eigenvalue weighted by atomic mass is 35.5. The lowest BCUT2D eigenvalue weighted by molar-refractivity contribution is -0.124. The van der Waals surface area contributed by atoms with Gasteiger partial charge >= 0.3 is 0 Å². The molecule has 0 fully saturated rings. The third-order valence-electron chi connectivity index (χ3n) is 2.85. The average Bonchev–Trinajstić information content (AvgIpc) is 2.39. The maximum Gasteiger partial charge on any atom is 0.258 e. The van der Waals surface area contributed by atoms with Crippen LogP contribution in [0.1, 0.15) is 20.3 Å². The number of nitrogens with one attached hydrogen (secondary N) is 1. The Morgan fingerprint density at radius 2 is 2.05 bits per heavy atom. The molecule has 6 heteroatoms. The lowest BCUT2D eigenvalue weighted by Crippen LogP contribution is -2.41. The molecular formula is C14H19Cl2NO3. The molecule has 0 spiro atoms. The molecule has 0 aliphatic heterocycles. The summed E-state index contributed by atoms with van der Waals surface area (Å²) in [5.41, 5.74) is 0. The van der Waals surface area contributed by atoms with Crippen molar-refractivity contribution in [3.63, 3.8) is 0 Å². The maximum absolute atomic E-state index is 11.8. The summed E-state index contributed by atoms with van der Waals surface area (Å²) in [7, 11) is 0. The molecule has 0 heterocycles. The van der Waals surface area contributed by atoms with Crippen molar-refractivity contribution in [1.82, 2.24) is 5.32 Å². The molecule has 1 rings (SSSR count). The van der Waals surface area contributed by atoms with Gasteiger partial charge < -0.3 is 15.2 Å². The monoisotopic (exact) mass is 319 g/mol. The number of ether oxygens (including phenoxy) is 1. The van der Waals surface area contributed by atoms with Gasteiger partial charge in [-0.15, -0.1) is 0 Å². The highest BCUT2D eigenvalue weighted by Gasteiger charge is 2.15. The van der Waals surface area contributed by atoms with E-state index in [9.17, 15) is 4.79 Å². The number of benzene rings is 1. The molecule has 2 N–H and O–H groups in total. The Hall–Kier alpha value is -0.970. The van der Waals surface area contributed by atoms with Crippen LogP contribution in [-0.4, -0.2) is 30.3 Å². The Morgan fingerprint density at radius 1 is 1.35 bits per heavy atom. The van der Waals surface area contributed by atoms with Gasteiger partial charge in [0.1, 0.15) is 5.75 Å². The van der Waals surface area contributed by atoms with Gasteiger partial charge in [0.25, 0.3) is 5.91 Å². The zero-order valence-corrected chi connectivity index (χ0v) is 13.0. The van der Waals surface area contributed by atoms with E-state index in [4.69, 9.17) is 33.0 Å². The molecule has 0 aliphatic rings. The number of aliphatic hydroxyl groups is 1. The molecule has 1 aromatic rings. The fourth-order valence-corrected chi connectivity index (χ4v) is 1.96. The number of halogens is 2. The second kappa shape index (κ2) is 8.35. The lowest BCUT2D eigenvalue weighted by Gasteiger charge is -2.21. The predicted molar refractivity (Wildman–Crippen MR) is 80.4 cm³/mol. The average molecular weight is 320 g/mol. The summed E-state index contributed by atoms with van der Waals surface area (Å²) in [6.07, 6.45) is 0.524. The Labute approximate surface area is 129 Å². The van der Waals surface area contributed by atoms with Crippen molar-refractivity contribution < 1.29 is 14.6 Å². The van der Waals surface area contributed by atoms with Crippen LogP contribution in [0.15, 0.2) is 18.2 Å². The van der Waals surface area contributed by atoms with E-state index < -0.39 is 0 Å². The van der Waals surface area contributed by atoms with Gasteiger partial charge in [-0.05, 0) is 24.5 Å². The number of hydrogen-bond donors (Lipinski definition) is 2. The molecule has 0 saturated heterocycles. The molecular weight excluding hydrogens is 301 g/mol. The van der Waals surface area contributed by atoms with Gasteiger partial charge in [0.2, 0.25) is 0 Å². The lowest BCUT2D eigenvalue weighted by atomic mass is 10.0. The number of amides is 1. The molecule has 0 saturated carbocycles. The minimum atomic E-state index is -0.233. The molecule has 4 nitrogen and oxygen atoms in total. The van der Waals surface area contributed by atoms with Crippen LogP contribution in [0, 0.1) is 5.92 Å². The molecule has 0 aliphatic carbocycles. The summed E-state index contributed by atoms with van der Waals surface area (Å²) in [4.78, 5) is 11.8. The van der Waals surface area contributed by atoms with Crippen molar-refractivity contribution >= 4 is 29.1 Å². The van der Waals surface area contributed by atoms with Gasteiger partial charge in [0.05, 0.1) is 10.0 Å². The highest BCUT2D eigenvalue weighted by Crippen LogP contribution is 2.26. The smallest absolute Gasteiger partial charge is 0.258 e. The van der Waals surface area contributed by atoms with E-state index in [2.05, 4.69) is 5.32 Å². The molecule has 20 heavy (non-hydrogen) atoms. The van der Waals surface area contributed by atoms with Crippen LogP contribution in [0.25, 0.3) is 0 Å². The zero-order valence-electron chi connectivity index (χ0n) is 11.5. The van der Waals surface area contributed by atoms with Crippen molar-refractivity contribution in [3.8, 4) is 5.75 Å². The number of aliphatic hydroxyl groups excluding tert-OH is 1. The molecule has 1 unspecified atom stereocenters. The van der Waals surface area contributed by atoms with Gasteiger partial charge in [0, 0.05) is 18.7 Å². The Morgan fingerprint density at radius 3 is 2.60 bits per heavy atom. The van der Waals surface area contributed by atoms with E-state index >= 15 is 0 Å². The summed E-state index contributed by atoms with van der Waals surface area (Å²) in [5.74, 6) is 0.497. The largest absolute Gasteiger partial charge is 0.484 e. The summed E-state index contributed by atoms with van der Waals surface area (Å²) >= 11 is 11.6. The molecule has 1 atom stereocenters. The third kappa shape index (κ3) is 5.57. The summed E-state index contributed by atoms with van der Waals surface area (Å²) < 4.78 is 5.34. The van der Waals surface area contributed by atoms with Crippen LogP contribution in [0.4, 0.5) is 0 Å². The van der Waals surface area contributed by atoms with Crippen LogP contribution in [-0.2, 0) is 4.79 Å². The number of rotatable bonds is 7. The summed E-state index contributed by atoms with van der Waals surface area (Å²) in [6, 6.07) is 4.75. The zero-order chi connectivity index (χ0) is 15.1. The molecule has 112 valence electrons. The van der Waals surface area contributed by atoms with E-state index in [0.29, 0.717) is 22.2 Å². The summed E-state index contributed by atoms with van der Waals surface area (Å²) in [6.45, 7) is 3.91. The molecule has 1 aromatic carbocycles. The van der Waals surface area contributed by atoms with E-state index in [0.717, 1.165) is 0 Å². The third-order valence-corrected chi connectivity index (χ3v) is 3.59. The van der Waals surface area contributed by atoms with Crippen molar-refractivity contribution in [2.75, 3.05) is 13.2 Å². The Kier molecular flexibility index (Phi) is 7.13.